The zero-order chi connectivity index (χ0) is 13.2. The second kappa shape index (κ2) is 5.83. The summed E-state index contributed by atoms with van der Waals surface area (Å²) < 4.78 is 0. The molecule has 2 rings (SSSR count). The zero-order valence-electron chi connectivity index (χ0n) is 12.2. The van der Waals surface area contributed by atoms with Gasteiger partial charge in [-0.1, -0.05) is 25.6 Å². The molecule has 0 spiro atoms. The quantitative estimate of drug-likeness (QED) is 0.850. The van der Waals surface area contributed by atoms with Gasteiger partial charge in [-0.3, -0.25) is 4.99 Å². The standard InChI is InChI=1S/C14H27N3S/c1-11(2)12-6-9-18-13(16-12)15-10-14(17(3)4)7-5-8-14/h11-12H,5-10H2,1-4H3,(H,15,16). The number of thioether (sulfide) groups is 1. The SMILES string of the molecule is CC(C)C1CCSC(=NCC2(N(C)C)CCC2)N1. The Morgan fingerprint density at radius 2 is 2.17 bits per heavy atom. The van der Waals surface area contributed by atoms with Crippen LogP contribution in [0.5, 0.6) is 0 Å². The van der Waals surface area contributed by atoms with Crippen molar-refractivity contribution in [1.29, 1.82) is 0 Å². The predicted octanol–water partition coefficient (Wildman–Crippen LogP) is 2.58. The highest BCUT2D eigenvalue weighted by atomic mass is 32.2. The molecule has 1 N–H and O–H groups in total. The second-order valence-corrected chi connectivity index (χ2v) is 7.31. The lowest BCUT2D eigenvalue weighted by atomic mass is 9.76. The highest BCUT2D eigenvalue weighted by Crippen LogP contribution is 2.36. The van der Waals surface area contributed by atoms with E-state index < -0.39 is 0 Å². The summed E-state index contributed by atoms with van der Waals surface area (Å²) in [4.78, 5) is 7.23. The molecule has 0 bridgehead atoms. The van der Waals surface area contributed by atoms with Gasteiger partial charge in [-0.2, -0.15) is 0 Å². The maximum absolute atomic E-state index is 4.86. The third kappa shape index (κ3) is 3.02. The van der Waals surface area contributed by atoms with Gasteiger partial charge in [0.15, 0.2) is 5.17 Å². The van der Waals surface area contributed by atoms with Gasteiger partial charge >= 0.3 is 0 Å². The van der Waals surface area contributed by atoms with Gasteiger partial charge in [0.05, 0.1) is 6.54 Å². The predicted molar refractivity (Wildman–Crippen MR) is 81.4 cm³/mol. The van der Waals surface area contributed by atoms with Gasteiger partial charge < -0.3 is 10.2 Å². The van der Waals surface area contributed by atoms with Crippen molar-refractivity contribution in [1.82, 2.24) is 10.2 Å². The largest absolute Gasteiger partial charge is 0.362 e. The van der Waals surface area contributed by atoms with Crippen molar-refractivity contribution in [3.8, 4) is 0 Å². The molecule has 104 valence electrons. The first-order chi connectivity index (χ1) is 8.53. The second-order valence-electron chi connectivity index (χ2n) is 6.23. The first-order valence-electron chi connectivity index (χ1n) is 7.15. The van der Waals surface area contributed by atoms with Gasteiger partial charge in [0.25, 0.3) is 0 Å². The molecule has 1 atom stereocenters. The van der Waals surface area contributed by atoms with Crippen molar-refractivity contribution >= 4 is 16.9 Å². The van der Waals surface area contributed by atoms with Crippen molar-refractivity contribution in [3.05, 3.63) is 0 Å². The Kier molecular flexibility index (Phi) is 4.59. The Morgan fingerprint density at radius 3 is 2.67 bits per heavy atom. The normalized spacial score (nSPS) is 29.4. The number of aliphatic imine (C=N–C) groups is 1. The number of rotatable bonds is 4. The molecule has 3 nitrogen and oxygen atoms in total. The third-order valence-electron chi connectivity index (χ3n) is 4.53. The minimum Gasteiger partial charge on any atom is -0.362 e. The lowest BCUT2D eigenvalue weighted by molar-refractivity contribution is 0.0700. The molecule has 1 saturated heterocycles. The lowest BCUT2D eigenvalue weighted by Gasteiger charge is -2.46. The molecule has 2 fully saturated rings. The Morgan fingerprint density at radius 1 is 1.44 bits per heavy atom. The number of amidine groups is 1. The molecular formula is C14H27N3S. The monoisotopic (exact) mass is 269 g/mol. The molecule has 1 saturated carbocycles. The van der Waals surface area contributed by atoms with Crippen molar-refractivity contribution < 1.29 is 0 Å². The van der Waals surface area contributed by atoms with E-state index in [0.29, 0.717) is 17.5 Å². The maximum Gasteiger partial charge on any atom is 0.156 e. The first kappa shape index (κ1) is 14.2. The fraction of sp³-hybridized carbons (Fsp3) is 0.929. The van der Waals surface area contributed by atoms with E-state index in [9.17, 15) is 0 Å². The van der Waals surface area contributed by atoms with Gasteiger partial charge in [0.2, 0.25) is 0 Å². The third-order valence-corrected chi connectivity index (χ3v) is 5.49. The van der Waals surface area contributed by atoms with Crippen LogP contribution in [0.25, 0.3) is 0 Å². The molecule has 0 amide bonds. The highest BCUT2D eigenvalue weighted by Gasteiger charge is 2.39. The summed E-state index contributed by atoms with van der Waals surface area (Å²) in [6.45, 7) is 5.54. The van der Waals surface area contributed by atoms with Crippen LogP contribution in [-0.2, 0) is 0 Å². The van der Waals surface area contributed by atoms with Gasteiger partial charge in [0.1, 0.15) is 0 Å². The van der Waals surface area contributed by atoms with Gasteiger partial charge in [-0.25, -0.2) is 0 Å². The highest BCUT2D eigenvalue weighted by molar-refractivity contribution is 8.13. The molecule has 1 aliphatic heterocycles. The van der Waals surface area contributed by atoms with Crippen LogP contribution >= 0.6 is 11.8 Å². The van der Waals surface area contributed by atoms with Crippen LogP contribution < -0.4 is 5.32 Å². The van der Waals surface area contributed by atoms with Crippen LogP contribution in [0.3, 0.4) is 0 Å². The molecule has 0 aromatic carbocycles. The minimum atomic E-state index is 0.347. The summed E-state index contributed by atoms with van der Waals surface area (Å²) in [6, 6.07) is 0.613. The van der Waals surface area contributed by atoms with Crippen LogP contribution in [0.15, 0.2) is 4.99 Å². The summed E-state index contributed by atoms with van der Waals surface area (Å²) >= 11 is 1.89. The van der Waals surface area contributed by atoms with Gasteiger partial charge in [-0.15, -0.1) is 0 Å². The summed E-state index contributed by atoms with van der Waals surface area (Å²) in [5.41, 5.74) is 0.347. The molecule has 1 unspecified atom stereocenters. The Bertz CT molecular complexity index is 308. The molecule has 0 aromatic heterocycles. The van der Waals surface area contributed by atoms with E-state index in [2.05, 4.69) is 38.2 Å². The van der Waals surface area contributed by atoms with E-state index >= 15 is 0 Å². The van der Waals surface area contributed by atoms with Crippen molar-refractivity contribution in [2.45, 2.75) is 51.1 Å². The number of hydrogen-bond acceptors (Lipinski definition) is 3. The smallest absolute Gasteiger partial charge is 0.156 e. The van der Waals surface area contributed by atoms with E-state index in [0.717, 1.165) is 6.54 Å². The molecule has 0 aromatic rings. The van der Waals surface area contributed by atoms with Gasteiger partial charge in [0, 0.05) is 17.3 Å². The average Bonchev–Trinajstić information content (AvgIpc) is 2.27. The van der Waals surface area contributed by atoms with E-state index in [1.165, 1.54) is 36.6 Å². The average molecular weight is 269 g/mol. The Balaban J connectivity index is 1.92. The Hall–Kier alpha value is -0.220. The van der Waals surface area contributed by atoms with Crippen molar-refractivity contribution in [2.24, 2.45) is 10.9 Å². The fourth-order valence-electron chi connectivity index (χ4n) is 2.70. The van der Waals surface area contributed by atoms with Crippen LogP contribution in [0.4, 0.5) is 0 Å². The fourth-order valence-corrected chi connectivity index (χ4v) is 3.65. The first-order valence-corrected chi connectivity index (χ1v) is 8.13. The van der Waals surface area contributed by atoms with Crippen LogP contribution in [0.2, 0.25) is 0 Å². The van der Waals surface area contributed by atoms with E-state index in [-0.39, 0.29) is 0 Å². The van der Waals surface area contributed by atoms with Gasteiger partial charge in [-0.05, 0) is 45.7 Å². The van der Waals surface area contributed by atoms with E-state index in [1.807, 2.05) is 11.8 Å². The zero-order valence-corrected chi connectivity index (χ0v) is 13.0. The number of nitrogens with zero attached hydrogens (tertiary/aromatic N) is 2. The maximum atomic E-state index is 4.86. The molecular weight excluding hydrogens is 242 g/mol. The van der Waals surface area contributed by atoms with Crippen LogP contribution in [0.1, 0.15) is 39.5 Å². The summed E-state index contributed by atoms with van der Waals surface area (Å²) in [7, 11) is 4.38. The van der Waals surface area contributed by atoms with E-state index in [1.54, 1.807) is 0 Å². The summed E-state index contributed by atoms with van der Waals surface area (Å²) in [5.74, 6) is 1.91. The molecule has 4 heteroatoms. The molecule has 0 radical (unpaired) electrons. The molecule has 2 aliphatic rings. The summed E-state index contributed by atoms with van der Waals surface area (Å²) in [6.07, 6.45) is 5.22. The number of nitrogens with one attached hydrogen (secondary N) is 1. The minimum absolute atomic E-state index is 0.347. The summed E-state index contributed by atoms with van der Waals surface area (Å²) in [5, 5.41) is 4.78. The topological polar surface area (TPSA) is 27.6 Å². The molecule has 1 heterocycles. The van der Waals surface area contributed by atoms with Crippen LogP contribution in [0, 0.1) is 5.92 Å². The molecule has 1 aliphatic carbocycles. The molecule has 18 heavy (non-hydrogen) atoms. The van der Waals surface area contributed by atoms with Crippen molar-refractivity contribution in [3.63, 3.8) is 0 Å². The lowest BCUT2D eigenvalue weighted by Crippen LogP contribution is -2.53. The number of likely N-dealkylation sites (N-methyl/N-ethyl adjacent to an activating group) is 1. The van der Waals surface area contributed by atoms with Crippen LogP contribution in [-0.4, -0.2) is 48.0 Å². The van der Waals surface area contributed by atoms with E-state index in [4.69, 9.17) is 4.99 Å². The van der Waals surface area contributed by atoms with Crippen molar-refractivity contribution in [2.75, 3.05) is 26.4 Å². The number of hydrogen-bond donors (Lipinski definition) is 1. The Labute approximate surface area is 116 Å².